The number of aromatic nitrogens is 2. The summed E-state index contributed by atoms with van der Waals surface area (Å²) in [5.74, 6) is -0.443. The number of carbonyl (C=O) groups is 2. The van der Waals surface area contributed by atoms with Crippen LogP contribution in [-0.2, 0) is 21.7 Å². The molecule has 0 atom stereocenters. The molecule has 0 radical (unpaired) electrons. The Bertz CT molecular complexity index is 999. The molecule has 1 saturated carbocycles. The van der Waals surface area contributed by atoms with Crippen LogP contribution in [0.5, 0.6) is 5.75 Å². The molecule has 8 nitrogen and oxygen atoms in total. The van der Waals surface area contributed by atoms with Gasteiger partial charge in [0.1, 0.15) is 29.3 Å². The third-order valence-corrected chi connectivity index (χ3v) is 6.90. The smallest absolute Gasteiger partial charge is 0.306 e. The molecule has 1 aromatic carbocycles. The lowest BCUT2D eigenvalue weighted by molar-refractivity contribution is -0.143. The molecule has 2 aromatic rings. The van der Waals surface area contributed by atoms with Crippen LogP contribution in [0.25, 0.3) is 0 Å². The molecule has 1 aliphatic carbocycles. The van der Waals surface area contributed by atoms with E-state index in [1.807, 2.05) is 13.8 Å². The van der Waals surface area contributed by atoms with Crippen LogP contribution < -0.4 is 10.1 Å². The van der Waals surface area contributed by atoms with Gasteiger partial charge in [-0.05, 0) is 81.3 Å². The number of ether oxygens (including phenoxy) is 2. The highest BCUT2D eigenvalue weighted by molar-refractivity contribution is 6.30. The molecule has 0 unspecified atom stereocenters. The number of rotatable bonds is 10. The molecular formula is C24H31Cl2N3O5. The first-order valence-corrected chi connectivity index (χ1v) is 12.1. The minimum Gasteiger partial charge on any atom is -0.492 e. The Morgan fingerprint density at radius 2 is 1.82 bits per heavy atom. The van der Waals surface area contributed by atoms with Crippen molar-refractivity contribution in [3.05, 3.63) is 46.0 Å². The van der Waals surface area contributed by atoms with Crippen molar-refractivity contribution < 1.29 is 24.2 Å². The Morgan fingerprint density at radius 3 is 2.41 bits per heavy atom. The predicted octanol–water partition coefficient (Wildman–Crippen LogP) is 4.77. The zero-order valence-corrected chi connectivity index (χ0v) is 21.2. The summed E-state index contributed by atoms with van der Waals surface area (Å²) >= 11 is 12.4. The van der Waals surface area contributed by atoms with Crippen LogP contribution in [0.1, 0.15) is 55.7 Å². The van der Waals surface area contributed by atoms with E-state index < -0.39 is 11.6 Å². The highest BCUT2D eigenvalue weighted by atomic mass is 35.5. The number of methoxy groups -OCH3 is 1. The van der Waals surface area contributed by atoms with Crippen molar-refractivity contribution >= 4 is 35.1 Å². The van der Waals surface area contributed by atoms with Crippen molar-refractivity contribution in [1.29, 1.82) is 0 Å². The molecule has 1 aromatic heterocycles. The van der Waals surface area contributed by atoms with Crippen molar-refractivity contribution in [3.8, 4) is 5.75 Å². The predicted molar refractivity (Wildman–Crippen MR) is 130 cm³/mol. The maximum atomic E-state index is 13.3. The molecule has 1 amide bonds. The van der Waals surface area contributed by atoms with Crippen LogP contribution in [0, 0.1) is 11.8 Å². The summed E-state index contributed by atoms with van der Waals surface area (Å²) in [6.07, 6.45) is 2.79. The monoisotopic (exact) mass is 511 g/mol. The standard InChI is InChI=1S/C24H31Cl2N3O5/c1-24(2,33-3)20-19(21(30)27-14-15-4-6-16(7-5-15)22(31)32)29(23(26)28-20)12-13-34-18-10-8-17(25)9-11-18/h8-11,15-16H,4-7,12-14H2,1-3H3,(H,27,30)(H,31,32)/t15-,16-. The number of hydrogen-bond donors (Lipinski definition) is 2. The van der Waals surface area contributed by atoms with Crippen LogP contribution in [0.3, 0.4) is 0 Å². The average Bonchev–Trinajstić information content (AvgIpc) is 3.16. The SMILES string of the molecule is COC(C)(C)c1nc(Cl)n(CCOc2ccc(Cl)cc2)c1C(=O)NC[C@H]1CC[C@H](C(=O)O)CC1. The van der Waals surface area contributed by atoms with E-state index in [1.165, 1.54) is 0 Å². The fraction of sp³-hybridized carbons (Fsp3) is 0.542. The highest BCUT2D eigenvalue weighted by Crippen LogP contribution is 2.31. The van der Waals surface area contributed by atoms with Crippen molar-refractivity contribution in [1.82, 2.24) is 14.9 Å². The van der Waals surface area contributed by atoms with Crippen LogP contribution >= 0.6 is 23.2 Å². The lowest BCUT2D eigenvalue weighted by atomic mass is 9.82. The number of amides is 1. The molecule has 2 N–H and O–H groups in total. The largest absolute Gasteiger partial charge is 0.492 e. The maximum Gasteiger partial charge on any atom is 0.306 e. The molecule has 0 aliphatic heterocycles. The van der Waals surface area contributed by atoms with Gasteiger partial charge in [-0.15, -0.1) is 0 Å². The second-order valence-electron chi connectivity index (χ2n) is 9.01. The fourth-order valence-electron chi connectivity index (χ4n) is 4.10. The second kappa shape index (κ2) is 11.4. The first-order valence-electron chi connectivity index (χ1n) is 11.3. The lowest BCUT2D eigenvalue weighted by Gasteiger charge is -2.26. The number of imidazole rings is 1. The van der Waals surface area contributed by atoms with Gasteiger partial charge in [0.25, 0.3) is 5.91 Å². The van der Waals surface area contributed by atoms with E-state index in [2.05, 4.69) is 10.3 Å². The molecular weight excluding hydrogens is 481 g/mol. The Hall–Kier alpha value is -2.29. The number of halogens is 2. The first kappa shape index (κ1) is 26.3. The van der Waals surface area contributed by atoms with Crippen LogP contribution in [0.4, 0.5) is 0 Å². The first-order chi connectivity index (χ1) is 16.1. The number of nitrogens with zero attached hydrogens (tertiary/aromatic N) is 2. The van der Waals surface area contributed by atoms with Gasteiger partial charge in [0.2, 0.25) is 5.28 Å². The summed E-state index contributed by atoms with van der Waals surface area (Å²) < 4.78 is 13.0. The number of hydrogen-bond acceptors (Lipinski definition) is 5. The minimum atomic E-state index is -0.835. The van der Waals surface area contributed by atoms with Gasteiger partial charge in [-0.2, -0.15) is 0 Å². The Kier molecular flexibility index (Phi) is 8.84. The quantitative estimate of drug-likeness (QED) is 0.476. The molecule has 34 heavy (non-hydrogen) atoms. The van der Waals surface area contributed by atoms with Crippen molar-refractivity contribution in [2.45, 2.75) is 51.7 Å². The zero-order chi connectivity index (χ0) is 24.9. The Morgan fingerprint density at radius 1 is 1.18 bits per heavy atom. The number of benzene rings is 1. The van der Waals surface area contributed by atoms with Crippen LogP contribution in [-0.4, -0.2) is 46.8 Å². The normalized spacial score (nSPS) is 18.5. The van der Waals surface area contributed by atoms with Gasteiger partial charge in [0.15, 0.2) is 0 Å². The van der Waals surface area contributed by atoms with Crippen LogP contribution in [0.2, 0.25) is 10.3 Å². The van der Waals surface area contributed by atoms with Gasteiger partial charge in [-0.1, -0.05) is 11.6 Å². The zero-order valence-electron chi connectivity index (χ0n) is 19.6. The van der Waals surface area contributed by atoms with E-state index in [4.69, 9.17) is 32.7 Å². The van der Waals surface area contributed by atoms with Crippen LogP contribution in [0.15, 0.2) is 24.3 Å². The minimum absolute atomic E-state index is 0.173. The molecule has 1 fully saturated rings. The summed E-state index contributed by atoms with van der Waals surface area (Å²) in [4.78, 5) is 28.9. The third-order valence-electron chi connectivity index (χ3n) is 6.36. The number of carboxylic acid groups (broad SMARTS) is 1. The van der Waals surface area contributed by atoms with Gasteiger partial charge in [-0.25, -0.2) is 4.98 Å². The van der Waals surface area contributed by atoms with Gasteiger partial charge in [0, 0.05) is 18.7 Å². The molecule has 0 bridgehead atoms. The molecule has 0 saturated heterocycles. The number of aliphatic carboxylic acids is 1. The van der Waals surface area contributed by atoms with E-state index in [0.29, 0.717) is 48.1 Å². The third kappa shape index (κ3) is 6.43. The van der Waals surface area contributed by atoms with E-state index in [0.717, 1.165) is 12.8 Å². The molecule has 3 rings (SSSR count). The second-order valence-corrected chi connectivity index (χ2v) is 9.79. The van der Waals surface area contributed by atoms with Crippen molar-refractivity contribution in [3.63, 3.8) is 0 Å². The Balaban J connectivity index is 1.72. The molecule has 1 heterocycles. The summed E-state index contributed by atoms with van der Waals surface area (Å²) in [6, 6.07) is 7.01. The van der Waals surface area contributed by atoms with E-state index in [1.54, 1.807) is 35.9 Å². The van der Waals surface area contributed by atoms with Crippen molar-refractivity contribution in [2.75, 3.05) is 20.3 Å². The average molecular weight is 512 g/mol. The summed E-state index contributed by atoms with van der Waals surface area (Å²) in [7, 11) is 1.55. The van der Waals surface area contributed by atoms with Gasteiger partial charge < -0.3 is 24.5 Å². The van der Waals surface area contributed by atoms with E-state index in [9.17, 15) is 14.7 Å². The topological polar surface area (TPSA) is 103 Å². The summed E-state index contributed by atoms with van der Waals surface area (Å²) in [5.41, 5.74) is -0.0626. The van der Waals surface area contributed by atoms with E-state index >= 15 is 0 Å². The highest BCUT2D eigenvalue weighted by Gasteiger charge is 2.33. The van der Waals surface area contributed by atoms with E-state index in [-0.39, 0.29) is 29.6 Å². The number of nitrogens with one attached hydrogen (secondary N) is 1. The van der Waals surface area contributed by atoms with Crippen molar-refractivity contribution in [2.24, 2.45) is 11.8 Å². The maximum absolute atomic E-state index is 13.3. The van der Waals surface area contributed by atoms with Gasteiger partial charge >= 0.3 is 5.97 Å². The lowest BCUT2D eigenvalue weighted by Crippen LogP contribution is -2.35. The molecule has 0 spiro atoms. The molecule has 1 aliphatic rings. The fourth-order valence-corrected chi connectivity index (χ4v) is 4.48. The van der Waals surface area contributed by atoms with Gasteiger partial charge in [-0.3, -0.25) is 9.59 Å². The number of carbonyl (C=O) groups excluding carboxylic acids is 1. The van der Waals surface area contributed by atoms with Gasteiger partial charge in [0.05, 0.1) is 12.5 Å². The summed E-state index contributed by atoms with van der Waals surface area (Å²) in [5, 5.41) is 13.0. The molecule has 10 heteroatoms. The molecule has 186 valence electrons. The number of carboxylic acids is 1. The summed E-state index contributed by atoms with van der Waals surface area (Å²) in [6.45, 7) is 4.68. The Labute approximate surface area is 209 Å².